The van der Waals surface area contributed by atoms with E-state index in [4.69, 9.17) is 0 Å². The topological polar surface area (TPSA) is 0 Å². The van der Waals surface area contributed by atoms with Gasteiger partial charge in [0.1, 0.15) is 0 Å². The van der Waals surface area contributed by atoms with Crippen LogP contribution < -0.4 is 0 Å². The van der Waals surface area contributed by atoms with Crippen LogP contribution in [0.1, 0.15) is 110 Å². The van der Waals surface area contributed by atoms with Gasteiger partial charge in [-0.3, -0.25) is 0 Å². The monoisotopic (exact) mass is 332 g/mol. The maximum atomic E-state index is 2.97. The summed E-state index contributed by atoms with van der Waals surface area (Å²) in [7, 11) is 0. The van der Waals surface area contributed by atoms with Crippen LogP contribution in [0.3, 0.4) is 0 Å². The molecule has 0 aromatic carbocycles. The molecule has 0 heterocycles. The van der Waals surface area contributed by atoms with Crippen LogP contribution in [-0.2, 0) is 0 Å². The van der Waals surface area contributed by atoms with Crippen molar-refractivity contribution in [2.45, 2.75) is 110 Å². The van der Waals surface area contributed by atoms with E-state index < -0.39 is 0 Å². The Morgan fingerprint density at radius 1 is 0.526 bits per heavy atom. The molecule has 0 spiro atoms. The van der Waals surface area contributed by atoms with E-state index in [0.29, 0.717) is 0 Å². The number of rotatable bonds is 16. The SMILES string of the molecule is CCCCCCCCCCCCCCCCCC=[Se]. The van der Waals surface area contributed by atoms with Crippen LogP contribution in [0.5, 0.6) is 0 Å². The zero-order valence-electron chi connectivity index (χ0n) is 13.3. The van der Waals surface area contributed by atoms with Crippen molar-refractivity contribution in [1.82, 2.24) is 0 Å². The van der Waals surface area contributed by atoms with Crippen molar-refractivity contribution in [3.63, 3.8) is 0 Å². The van der Waals surface area contributed by atoms with Gasteiger partial charge in [0.2, 0.25) is 0 Å². The number of unbranched alkanes of at least 4 members (excludes halogenated alkanes) is 15. The Balaban J connectivity index is 2.89. The van der Waals surface area contributed by atoms with Gasteiger partial charge in [-0.1, -0.05) is 39.0 Å². The molecule has 0 atom stereocenters. The van der Waals surface area contributed by atoms with E-state index in [1.54, 1.807) is 0 Å². The number of hydrogen-bond acceptors (Lipinski definition) is 0. The van der Waals surface area contributed by atoms with Crippen molar-refractivity contribution in [1.29, 1.82) is 0 Å². The minimum atomic E-state index is 1.26. The predicted octanol–water partition coefficient (Wildman–Crippen LogP) is 6.22. The van der Waals surface area contributed by atoms with Crippen LogP contribution in [-0.4, -0.2) is 20.5 Å². The first-order valence-corrected chi connectivity index (χ1v) is 9.84. The Kier molecular flexibility index (Phi) is 18.8. The molecule has 0 aliphatic rings. The van der Waals surface area contributed by atoms with Crippen molar-refractivity contribution >= 4 is 20.5 Å². The fraction of sp³-hybridized carbons (Fsp3) is 0.944. The third kappa shape index (κ3) is 18.4. The zero-order chi connectivity index (χ0) is 14.0. The van der Waals surface area contributed by atoms with E-state index >= 15 is 0 Å². The molecule has 0 bridgehead atoms. The van der Waals surface area contributed by atoms with Gasteiger partial charge >= 0.3 is 91.1 Å². The fourth-order valence-corrected chi connectivity index (χ4v) is 2.95. The summed E-state index contributed by atoms with van der Waals surface area (Å²) in [5.41, 5.74) is 0. The van der Waals surface area contributed by atoms with Gasteiger partial charge in [-0.05, 0) is 0 Å². The molecule has 0 aliphatic heterocycles. The minimum absolute atomic E-state index is 1.26. The molecule has 1 heteroatoms. The van der Waals surface area contributed by atoms with Crippen LogP contribution in [0.15, 0.2) is 0 Å². The first-order valence-electron chi connectivity index (χ1n) is 8.85. The van der Waals surface area contributed by atoms with E-state index in [1.165, 1.54) is 103 Å². The molecule has 0 saturated carbocycles. The van der Waals surface area contributed by atoms with Crippen LogP contribution in [0.25, 0.3) is 0 Å². The second-order valence-electron chi connectivity index (χ2n) is 5.91. The maximum absolute atomic E-state index is 2.97. The molecule has 0 aromatic heterocycles. The molecule has 114 valence electrons. The summed E-state index contributed by atoms with van der Waals surface area (Å²) in [6.45, 7) is 2.29. The number of hydrogen-bond donors (Lipinski definition) is 0. The zero-order valence-corrected chi connectivity index (χ0v) is 15.0. The van der Waals surface area contributed by atoms with Gasteiger partial charge in [-0.15, -0.1) is 0 Å². The van der Waals surface area contributed by atoms with E-state index in [2.05, 4.69) is 27.4 Å². The van der Waals surface area contributed by atoms with E-state index in [1.807, 2.05) is 0 Å². The predicted molar refractivity (Wildman–Crippen MR) is 91.4 cm³/mol. The molecule has 0 aliphatic carbocycles. The quantitative estimate of drug-likeness (QED) is 0.233. The van der Waals surface area contributed by atoms with Crippen molar-refractivity contribution in [2.75, 3.05) is 0 Å². The molecular formula is C18H36Se. The summed E-state index contributed by atoms with van der Waals surface area (Å²) >= 11 is 2.97. The summed E-state index contributed by atoms with van der Waals surface area (Å²) in [5, 5.41) is 0. The van der Waals surface area contributed by atoms with E-state index in [9.17, 15) is 0 Å². The molecular weight excluding hydrogens is 295 g/mol. The Morgan fingerprint density at radius 3 is 1.16 bits per heavy atom. The molecule has 0 nitrogen and oxygen atoms in total. The first kappa shape index (κ1) is 19.4. The summed E-state index contributed by atoms with van der Waals surface area (Å²) in [5.74, 6) is 0. The molecule has 0 rings (SSSR count). The second-order valence-corrected chi connectivity index (χ2v) is 6.60. The van der Waals surface area contributed by atoms with E-state index in [0.717, 1.165) is 0 Å². The van der Waals surface area contributed by atoms with Gasteiger partial charge in [0.15, 0.2) is 0 Å². The fourth-order valence-electron chi connectivity index (χ4n) is 2.60. The Morgan fingerprint density at radius 2 is 0.842 bits per heavy atom. The van der Waals surface area contributed by atoms with Crippen molar-refractivity contribution in [3.05, 3.63) is 0 Å². The van der Waals surface area contributed by atoms with Crippen LogP contribution >= 0.6 is 0 Å². The third-order valence-electron chi connectivity index (χ3n) is 3.93. The van der Waals surface area contributed by atoms with E-state index in [-0.39, 0.29) is 0 Å². The summed E-state index contributed by atoms with van der Waals surface area (Å²) in [6, 6.07) is 0. The average molecular weight is 331 g/mol. The van der Waals surface area contributed by atoms with Crippen LogP contribution in [0.4, 0.5) is 0 Å². The van der Waals surface area contributed by atoms with Gasteiger partial charge in [0.25, 0.3) is 0 Å². The standard InChI is InChI=1S/C18H36Se/c1-2-3-4-5-6-7-8-9-10-11-12-13-14-15-16-17-18-19/h18H,2-17H2,1H3. The van der Waals surface area contributed by atoms with Crippen molar-refractivity contribution in [2.24, 2.45) is 0 Å². The molecule has 0 aromatic rings. The van der Waals surface area contributed by atoms with Gasteiger partial charge in [-0.25, -0.2) is 0 Å². The molecule has 0 saturated heterocycles. The molecule has 0 fully saturated rings. The Labute approximate surface area is 130 Å². The van der Waals surface area contributed by atoms with Crippen LogP contribution in [0.2, 0.25) is 0 Å². The third-order valence-corrected chi connectivity index (χ3v) is 4.42. The molecule has 0 radical (unpaired) electrons. The average Bonchev–Trinajstić information content (AvgIpc) is 2.43. The Bertz CT molecular complexity index is 165. The summed E-state index contributed by atoms with van der Waals surface area (Å²) in [6.07, 6.45) is 23.1. The molecule has 0 amide bonds. The van der Waals surface area contributed by atoms with Gasteiger partial charge in [0.05, 0.1) is 0 Å². The summed E-state index contributed by atoms with van der Waals surface area (Å²) < 4.78 is 0. The molecule has 0 unspecified atom stereocenters. The normalized spacial score (nSPS) is 10.8. The van der Waals surface area contributed by atoms with Gasteiger partial charge in [0, 0.05) is 0 Å². The van der Waals surface area contributed by atoms with Crippen molar-refractivity contribution < 1.29 is 0 Å². The second kappa shape index (κ2) is 18.4. The Hall–Kier alpha value is 0.389. The van der Waals surface area contributed by atoms with Gasteiger partial charge < -0.3 is 0 Å². The molecule has 0 N–H and O–H groups in total. The first-order chi connectivity index (χ1) is 9.41. The van der Waals surface area contributed by atoms with Gasteiger partial charge in [-0.2, -0.15) is 0 Å². The summed E-state index contributed by atoms with van der Waals surface area (Å²) in [4.78, 5) is 2.17. The van der Waals surface area contributed by atoms with Crippen molar-refractivity contribution in [3.8, 4) is 0 Å². The molecule has 19 heavy (non-hydrogen) atoms. The van der Waals surface area contributed by atoms with Crippen LogP contribution in [0, 0.1) is 0 Å².